The molecule has 0 unspecified atom stereocenters. The Hall–Kier alpha value is -3.07. The van der Waals surface area contributed by atoms with E-state index in [0.717, 1.165) is 29.3 Å². The maximum absolute atomic E-state index is 11.0. The standard InChI is InChI=1S/C25H33N5O3/c1-16(31)12-21(33)14-20(32)10-11-28-15-19-6-3-17(4-7-19)2-5-18-8-9-23-22(13-18)24(26)30-25(27)29-23/h3-4,6-9,13,20-21,28,32-33H,2,5,10-12,14-15H2,1H3,(H4,26,27,29,30)/t20-,21+/m1/s1. The minimum Gasteiger partial charge on any atom is -0.393 e. The highest BCUT2D eigenvalue weighted by molar-refractivity contribution is 5.89. The Labute approximate surface area is 194 Å². The molecule has 8 nitrogen and oxygen atoms in total. The first-order valence-corrected chi connectivity index (χ1v) is 11.3. The summed E-state index contributed by atoms with van der Waals surface area (Å²) in [6, 6.07) is 14.5. The van der Waals surface area contributed by atoms with Crippen LogP contribution in [0.15, 0.2) is 42.5 Å². The number of hydrogen-bond acceptors (Lipinski definition) is 8. The van der Waals surface area contributed by atoms with Gasteiger partial charge in [0.25, 0.3) is 0 Å². The van der Waals surface area contributed by atoms with E-state index in [0.29, 0.717) is 25.3 Å². The van der Waals surface area contributed by atoms with Gasteiger partial charge in [-0.05, 0) is 68.0 Å². The maximum atomic E-state index is 11.0. The average Bonchev–Trinajstić information content (AvgIpc) is 2.75. The number of benzene rings is 2. The number of aliphatic hydroxyl groups is 2. The molecular formula is C25H33N5O3. The van der Waals surface area contributed by atoms with Crippen molar-refractivity contribution in [3.05, 3.63) is 59.2 Å². The van der Waals surface area contributed by atoms with Gasteiger partial charge in [0.05, 0.1) is 17.7 Å². The molecule has 0 aliphatic heterocycles. The number of nitrogens with zero attached hydrogens (tertiary/aromatic N) is 2. The van der Waals surface area contributed by atoms with Crippen molar-refractivity contribution in [1.82, 2.24) is 15.3 Å². The van der Waals surface area contributed by atoms with Gasteiger partial charge >= 0.3 is 0 Å². The highest BCUT2D eigenvalue weighted by Gasteiger charge is 2.13. The van der Waals surface area contributed by atoms with Crippen LogP contribution >= 0.6 is 0 Å². The zero-order chi connectivity index (χ0) is 23.8. The van der Waals surface area contributed by atoms with Crippen molar-refractivity contribution in [3.63, 3.8) is 0 Å². The van der Waals surface area contributed by atoms with E-state index in [-0.39, 0.29) is 24.6 Å². The Kier molecular flexibility index (Phi) is 8.71. The van der Waals surface area contributed by atoms with Crippen LogP contribution in [0.4, 0.5) is 11.8 Å². The lowest BCUT2D eigenvalue weighted by atomic mass is 10.0. The van der Waals surface area contributed by atoms with Crippen LogP contribution in [0.3, 0.4) is 0 Å². The topological polar surface area (TPSA) is 147 Å². The molecule has 33 heavy (non-hydrogen) atoms. The largest absolute Gasteiger partial charge is 0.393 e. The molecule has 0 aliphatic carbocycles. The molecule has 176 valence electrons. The van der Waals surface area contributed by atoms with Crippen molar-refractivity contribution in [2.24, 2.45) is 0 Å². The summed E-state index contributed by atoms with van der Waals surface area (Å²) >= 11 is 0. The molecular weight excluding hydrogens is 418 g/mol. The predicted molar refractivity (Wildman–Crippen MR) is 130 cm³/mol. The van der Waals surface area contributed by atoms with E-state index in [1.165, 1.54) is 18.1 Å². The quantitative estimate of drug-likeness (QED) is 0.263. The second-order valence-electron chi connectivity index (χ2n) is 8.55. The Bertz CT molecular complexity index is 1070. The number of ketones is 1. The number of aryl methyl sites for hydroxylation is 2. The zero-order valence-electron chi connectivity index (χ0n) is 19.0. The summed E-state index contributed by atoms with van der Waals surface area (Å²) in [7, 11) is 0. The van der Waals surface area contributed by atoms with Crippen LogP contribution < -0.4 is 16.8 Å². The van der Waals surface area contributed by atoms with Gasteiger partial charge in [-0.3, -0.25) is 4.79 Å². The van der Waals surface area contributed by atoms with Crippen LogP contribution in [-0.4, -0.2) is 44.7 Å². The van der Waals surface area contributed by atoms with E-state index >= 15 is 0 Å². The van der Waals surface area contributed by atoms with Crippen molar-refractivity contribution < 1.29 is 15.0 Å². The number of nitrogens with two attached hydrogens (primary N) is 2. The fourth-order valence-corrected chi connectivity index (χ4v) is 3.83. The van der Waals surface area contributed by atoms with Crippen molar-refractivity contribution in [2.75, 3.05) is 18.0 Å². The van der Waals surface area contributed by atoms with Crippen LogP contribution in [0.5, 0.6) is 0 Å². The first-order valence-electron chi connectivity index (χ1n) is 11.3. The highest BCUT2D eigenvalue weighted by atomic mass is 16.3. The van der Waals surface area contributed by atoms with E-state index in [1.807, 2.05) is 18.2 Å². The summed E-state index contributed by atoms with van der Waals surface area (Å²) in [6.45, 7) is 2.78. The molecule has 1 aromatic heterocycles. The van der Waals surface area contributed by atoms with Gasteiger partial charge in [-0.2, -0.15) is 4.98 Å². The molecule has 2 aromatic carbocycles. The third-order valence-corrected chi connectivity index (χ3v) is 5.58. The SMILES string of the molecule is CC(=O)C[C@H](O)C[C@H](O)CCNCc1ccc(CCc2ccc3nc(N)nc(N)c3c2)cc1. The third kappa shape index (κ3) is 7.78. The van der Waals surface area contributed by atoms with Gasteiger partial charge in [0.2, 0.25) is 5.95 Å². The lowest BCUT2D eigenvalue weighted by molar-refractivity contribution is -0.119. The first-order chi connectivity index (χ1) is 15.8. The minimum atomic E-state index is -0.774. The number of carbonyl (C=O) groups excluding carboxylic acids is 1. The van der Waals surface area contributed by atoms with Crippen LogP contribution in [0.25, 0.3) is 10.9 Å². The first kappa shape index (κ1) is 24.6. The Morgan fingerprint density at radius 1 is 0.970 bits per heavy atom. The van der Waals surface area contributed by atoms with Crippen molar-refractivity contribution >= 4 is 28.5 Å². The number of carbonyl (C=O) groups is 1. The molecule has 7 N–H and O–H groups in total. The summed E-state index contributed by atoms with van der Waals surface area (Å²) in [5.41, 5.74) is 16.0. The molecule has 0 aliphatic rings. The number of aliphatic hydroxyl groups excluding tert-OH is 2. The minimum absolute atomic E-state index is 0.0709. The normalized spacial score (nSPS) is 13.2. The fourth-order valence-electron chi connectivity index (χ4n) is 3.83. The number of anilines is 2. The summed E-state index contributed by atoms with van der Waals surface area (Å²) in [5, 5.41) is 23.8. The molecule has 0 fully saturated rings. The van der Waals surface area contributed by atoms with Crippen molar-refractivity contribution in [1.29, 1.82) is 0 Å². The number of hydrogen-bond donors (Lipinski definition) is 5. The molecule has 0 radical (unpaired) electrons. The molecule has 0 amide bonds. The third-order valence-electron chi connectivity index (χ3n) is 5.58. The molecule has 8 heteroatoms. The van der Waals surface area contributed by atoms with Gasteiger partial charge in [-0.15, -0.1) is 0 Å². The predicted octanol–water partition coefficient (Wildman–Crippen LogP) is 2.15. The molecule has 0 saturated carbocycles. The zero-order valence-corrected chi connectivity index (χ0v) is 19.0. The number of fused-ring (bicyclic) bond motifs is 1. The summed E-state index contributed by atoms with van der Waals surface area (Å²) in [5.74, 6) is 0.511. The summed E-state index contributed by atoms with van der Waals surface area (Å²) < 4.78 is 0. The van der Waals surface area contributed by atoms with Crippen molar-refractivity contribution in [2.45, 2.75) is 57.8 Å². The van der Waals surface area contributed by atoms with Crippen LogP contribution in [0.1, 0.15) is 42.9 Å². The second kappa shape index (κ2) is 11.7. The monoisotopic (exact) mass is 451 g/mol. The van der Waals surface area contributed by atoms with Gasteiger partial charge < -0.3 is 27.0 Å². The summed E-state index contributed by atoms with van der Waals surface area (Å²) in [6.07, 6.45) is 1.23. The maximum Gasteiger partial charge on any atom is 0.222 e. The van der Waals surface area contributed by atoms with E-state index < -0.39 is 12.2 Å². The van der Waals surface area contributed by atoms with Gasteiger partial charge in [0, 0.05) is 18.4 Å². The van der Waals surface area contributed by atoms with Gasteiger partial charge in [0.1, 0.15) is 11.6 Å². The lowest BCUT2D eigenvalue weighted by Crippen LogP contribution is -2.24. The number of nitrogens with one attached hydrogen (secondary N) is 1. The second-order valence-corrected chi connectivity index (χ2v) is 8.55. The number of rotatable bonds is 12. The Morgan fingerprint density at radius 2 is 1.64 bits per heavy atom. The van der Waals surface area contributed by atoms with Crippen molar-refractivity contribution in [3.8, 4) is 0 Å². The molecule has 3 aromatic rings. The molecule has 0 saturated heterocycles. The Morgan fingerprint density at radius 3 is 2.36 bits per heavy atom. The van der Waals surface area contributed by atoms with Crippen LogP contribution in [0.2, 0.25) is 0 Å². The summed E-state index contributed by atoms with van der Waals surface area (Å²) in [4.78, 5) is 19.2. The molecule has 0 bridgehead atoms. The van der Waals surface area contributed by atoms with Crippen LogP contribution in [-0.2, 0) is 24.2 Å². The Balaban J connectivity index is 1.41. The number of aromatic nitrogens is 2. The smallest absolute Gasteiger partial charge is 0.222 e. The van der Waals surface area contributed by atoms with Crippen LogP contribution in [0, 0.1) is 0 Å². The molecule has 1 heterocycles. The van der Waals surface area contributed by atoms with E-state index in [9.17, 15) is 15.0 Å². The van der Waals surface area contributed by atoms with Gasteiger partial charge in [0.15, 0.2) is 0 Å². The molecule has 3 rings (SSSR count). The van der Waals surface area contributed by atoms with E-state index in [2.05, 4.69) is 39.6 Å². The van der Waals surface area contributed by atoms with E-state index in [4.69, 9.17) is 11.5 Å². The fraction of sp³-hybridized carbons (Fsp3) is 0.400. The molecule has 0 spiro atoms. The number of nitrogen functional groups attached to an aromatic ring is 2. The van der Waals surface area contributed by atoms with E-state index in [1.54, 1.807) is 0 Å². The van der Waals surface area contributed by atoms with Gasteiger partial charge in [-0.1, -0.05) is 30.3 Å². The molecule has 2 atom stereocenters. The highest BCUT2D eigenvalue weighted by Crippen LogP contribution is 2.21. The van der Waals surface area contributed by atoms with Gasteiger partial charge in [-0.25, -0.2) is 4.98 Å². The lowest BCUT2D eigenvalue weighted by Gasteiger charge is -2.15. The average molecular weight is 452 g/mol. The number of Topliss-reactive ketones (excluding diaryl/α,β-unsaturated/α-hetero) is 1.